The van der Waals surface area contributed by atoms with Crippen molar-refractivity contribution in [3.63, 3.8) is 0 Å². The van der Waals surface area contributed by atoms with E-state index in [4.69, 9.17) is 18.6 Å². The molecule has 4 rings (SSSR count). The average molecular weight is 407 g/mol. The first-order valence-electron chi connectivity index (χ1n) is 8.21. The largest absolute Gasteiger partial charge is 0.497 e. The molecule has 0 saturated heterocycles. The summed E-state index contributed by atoms with van der Waals surface area (Å²) in [6, 6.07) is 8.73. The molecule has 0 amide bonds. The fourth-order valence-corrected chi connectivity index (χ4v) is 2.90. The second kappa shape index (κ2) is 6.73. The molecule has 1 N–H and O–H groups in total. The number of nitrogens with one attached hydrogen (secondary N) is 1. The molecular formula is C19H12F3NO6. The van der Waals surface area contributed by atoms with E-state index >= 15 is 0 Å². The minimum atomic E-state index is -5.27. The monoisotopic (exact) mass is 407 g/mol. The number of carbonyl (C=O) groups excluding carboxylic acids is 1. The first-order chi connectivity index (χ1) is 13.8. The normalized spacial score (nSPS) is 12.8. The number of methoxy groups -OCH3 is 1. The summed E-state index contributed by atoms with van der Waals surface area (Å²) >= 11 is 0. The van der Waals surface area contributed by atoms with E-state index in [1.165, 1.54) is 37.4 Å². The quantitative estimate of drug-likeness (QED) is 0.516. The van der Waals surface area contributed by atoms with E-state index in [-0.39, 0.29) is 29.1 Å². The molecule has 29 heavy (non-hydrogen) atoms. The summed E-state index contributed by atoms with van der Waals surface area (Å²) in [5, 5.41) is 2.78. The highest BCUT2D eigenvalue weighted by Crippen LogP contribution is 2.38. The maximum atomic E-state index is 13.1. The molecule has 1 aromatic heterocycles. The summed E-state index contributed by atoms with van der Waals surface area (Å²) in [7, 11) is 1.37. The minimum Gasteiger partial charge on any atom is -0.497 e. The van der Waals surface area contributed by atoms with E-state index < -0.39 is 23.1 Å². The van der Waals surface area contributed by atoms with Gasteiger partial charge in [0.1, 0.15) is 16.9 Å². The van der Waals surface area contributed by atoms with Crippen molar-refractivity contribution in [1.82, 2.24) is 0 Å². The van der Waals surface area contributed by atoms with Crippen LogP contribution in [-0.4, -0.2) is 25.9 Å². The lowest BCUT2D eigenvalue weighted by Gasteiger charge is -2.15. The number of benzene rings is 2. The van der Waals surface area contributed by atoms with Gasteiger partial charge in [0, 0.05) is 17.1 Å². The van der Waals surface area contributed by atoms with Gasteiger partial charge < -0.3 is 23.9 Å². The lowest BCUT2D eigenvalue weighted by atomic mass is 10.1. The summed E-state index contributed by atoms with van der Waals surface area (Å²) in [5.41, 5.74) is -2.65. The number of ether oxygens (including phenoxy) is 3. The van der Waals surface area contributed by atoms with Crippen LogP contribution in [0.3, 0.4) is 0 Å². The molecule has 3 aromatic rings. The van der Waals surface area contributed by atoms with Crippen LogP contribution >= 0.6 is 0 Å². The van der Waals surface area contributed by atoms with Crippen molar-refractivity contribution in [3.8, 4) is 17.2 Å². The Balaban J connectivity index is 1.95. The molecule has 2 aromatic carbocycles. The lowest BCUT2D eigenvalue weighted by molar-refractivity contribution is -0.0886. The molecule has 150 valence electrons. The maximum Gasteiger partial charge on any atom is 0.455 e. The third-order valence-corrected chi connectivity index (χ3v) is 4.24. The third-order valence-electron chi connectivity index (χ3n) is 4.24. The number of halogens is 3. The molecule has 1 aliphatic heterocycles. The number of hydrogen-bond donors (Lipinski definition) is 1. The van der Waals surface area contributed by atoms with Crippen LogP contribution in [0.25, 0.3) is 11.0 Å². The van der Waals surface area contributed by atoms with E-state index in [1.807, 2.05) is 0 Å². The first-order valence-corrected chi connectivity index (χ1v) is 8.21. The van der Waals surface area contributed by atoms with Gasteiger partial charge in [0.2, 0.25) is 6.79 Å². The zero-order valence-corrected chi connectivity index (χ0v) is 14.8. The standard InChI is InChI=1S/C19H12F3NO6/c1-26-10-3-5-12-11(7-10)16(15(18(25)29-12)17(24)19(20,21)22)23-9-2-4-13-14(6-9)28-8-27-13/h2-7,23H,8H2,1H3. The molecule has 0 spiro atoms. The van der Waals surface area contributed by atoms with Crippen LogP contribution in [0.4, 0.5) is 24.5 Å². The van der Waals surface area contributed by atoms with Gasteiger partial charge in [-0.1, -0.05) is 0 Å². The summed E-state index contributed by atoms with van der Waals surface area (Å²) in [5.74, 6) is -1.20. The number of Topliss-reactive ketones (excluding diaryl/α,β-unsaturated/α-hetero) is 1. The molecule has 2 heterocycles. The van der Waals surface area contributed by atoms with Gasteiger partial charge in [0.05, 0.1) is 12.8 Å². The Hall–Kier alpha value is -3.69. The number of hydrogen-bond acceptors (Lipinski definition) is 7. The van der Waals surface area contributed by atoms with Gasteiger partial charge in [-0.25, -0.2) is 4.79 Å². The number of alkyl halides is 3. The molecule has 0 radical (unpaired) electrons. The fraction of sp³-hybridized carbons (Fsp3) is 0.158. The van der Waals surface area contributed by atoms with Crippen LogP contribution in [0.2, 0.25) is 0 Å². The molecule has 0 bridgehead atoms. The van der Waals surface area contributed by atoms with Crippen LogP contribution in [0, 0.1) is 0 Å². The predicted molar refractivity (Wildman–Crippen MR) is 95.3 cm³/mol. The average Bonchev–Trinajstić information content (AvgIpc) is 3.14. The molecule has 0 aliphatic carbocycles. The van der Waals surface area contributed by atoms with Gasteiger partial charge in [-0.05, 0) is 30.3 Å². The number of anilines is 2. The smallest absolute Gasteiger partial charge is 0.455 e. The van der Waals surface area contributed by atoms with Crippen molar-refractivity contribution < 1.29 is 36.6 Å². The molecule has 0 unspecified atom stereocenters. The van der Waals surface area contributed by atoms with Gasteiger partial charge in [-0.15, -0.1) is 0 Å². The van der Waals surface area contributed by atoms with E-state index in [0.717, 1.165) is 0 Å². The zero-order valence-electron chi connectivity index (χ0n) is 14.8. The topological polar surface area (TPSA) is 87.0 Å². The van der Waals surface area contributed by atoms with Crippen molar-refractivity contribution in [2.24, 2.45) is 0 Å². The van der Waals surface area contributed by atoms with Gasteiger partial charge in [0.15, 0.2) is 11.5 Å². The molecule has 0 fully saturated rings. The zero-order chi connectivity index (χ0) is 20.8. The fourth-order valence-electron chi connectivity index (χ4n) is 2.90. The highest BCUT2D eigenvalue weighted by molar-refractivity contribution is 6.10. The third kappa shape index (κ3) is 3.33. The predicted octanol–water partition coefficient (Wildman–Crippen LogP) is 4.02. The Morgan fingerprint density at radius 1 is 1.10 bits per heavy atom. The second-order valence-corrected chi connectivity index (χ2v) is 6.02. The van der Waals surface area contributed by atoms with Crippen LogP contribution < -0.4 is 25.2 Å². The molecule has 10 heteroatoms. The Morgan fingerprint density at radius 2 is 1.86 bits per heavy atom. The molecular weight excluding hydrogens is 395 g/mol. The minimum absolute atomic E-state index is 0.00561. The Bertz CT molecular complexity index is 1190. The van der Waals surface area contributed by atoms with Gasteiger partial charge in [-0.3, -0.25) is 4.79 Å². The van der Waals surface area contributed by atoms with Crippen molar-refractivity contribution in [3.05, 3.63) is 52.4 Å². The Labute approximate surface area is 160 Å². The highest BCUT2D eigenvalue weighted by atomic mass is 19.4. The van der Waals surface area contributed by atoms with Crippen molar-refractivity contribution in [2.75, 3.05) is 19.2 Å². The summed E-state index contributed by atoms with van der Waals surface area (Å²) in [4.78, 5) is 24.3. The van der Waals surface area contributed by atoms with E-state index in [1.54, 1.807) is 6.07 Å². The van der Waals surface area contributed by atoms with Crippen LogP contribution in [0.1, 0.15) is 10.4 Å². The van der Waals surface area contributed by atoms with Crippen LogP contribution in [-0.2, 0) is 0 Å². The number of fused-ring (bicyclic) bond motifs is 2. The molecule has 0 saturated carbocycles. The first kappa shape index (κ1) is 18.7. The highest BCUT2D eigenvalue weighted by Gasteiger charge is 2.43. The summed E-state index contributed by atoms with van der Waals surface area (Å²) in [6.45, 7) is 0.00561. The number of carbonyl (C=O) groups is 1. The summed E-state index contributed by atoms with van der Waals surface area (Å²) in [6.07, 6.45) is -5.27. The van der Waals surface area contributed by atoms with E-state index in [0.29, 0.717) is 17.2 Å². The van der Waals surface area contributed by atoms with Gasteiger partial charge in [0.25, 0.3) is 5.78 Å². The lowest BCUT2D eigenvalue weighted by Crippen LogP contribution is -2.29. The van der Waals surface area contributed by atoms with Crippen LogP contribution in [0.15, 0.2) is 45.6 Å². The van der Waals surface area contributed by atoms with Crippen molar-refractivity contribution in [2.45, 2.75) is 6.18 Å². The maximum absolute atomic E-state index is 13.1. The van der Waals surface area contributed by atoms with Gasteiger partial charge in [-0.2, -0.15) is 13.2 Å². The number of rotatable bonds is 4. The summed E-state index contributed by atoms with van der Waals surface area (Å²) < 4.78 is 59.9. The molecule has 1 aliphatic rings. The van der Waals surface area contributed by atoms with Crippen LogP contribution in [0.5, 0.6) is 17.2 Å². The Morgan fingerprint density at radius 3 is 2.59 bits per heavy atom. The van der Waals surface area contributed by atoms with Gasteiger partial charge >= 0.3 is 11.8 Å². The molecule has 0 atom stereocenters. The van der Waals surface area contributed by atoms with Crippen molar-refractivity contribution >= 4 is 28.1 Å². The van der Waals surface area contributed by atoms with E-state index in [9.17, 15) is 22.8 Å². The SMILES string of the molecule is COc1ccc2oc(=O)c(C(=O)C(F)(F)F)c(Nc3ccc4c(c3)OCO4)c2c1. The molecule has 7 nitrogen and oxygen atoms in total. The second-order valence-electron chi connectivity index (χ2n) is 6.02. The van der Waals surface area contributed by atoms with E-state index in [2.05, 4.69) is 5.32 Å². The number of ketones is 1. The Kier molecular flexibility index (Phi) is 4.33. The van der Waals surface area contributed by atoms with Crippen molar-refractivity contribution in [1.29, 1.82) is 0 Å².